The second-order valence-corrected chi connectivity index (χ2v) is 4.37. The topological polar surface area (TPSA) is 24.9 Å². The molecule has 2 heteroatoms. The summed E-state index contributed by atoms with van der Waals surface area (Å²) in [5.74, 6) is 1.67. The van der Waals surface area contributed by atoms with Crippen LogP contribution in [-0.2, 0) is 5.41 Å². The molecule has 0 aromatic carbocycles. The normalized spacial score (nSPS) is 41.6. The third kappa shape index (κ3) is 0.841. The molecule has 0 amide bonds. The minimum Gasteiger partial charge on any atom is -0.316 e. The SMILES string of the molecule is CC1(c2ccccn2)C2CNCC21. The van der Waals surface area contributed by atoms with Crippen molar-refractivity contribution in [2.75, 3.05) is 13.1 Å². The molecule has 3 rings (SSSR count). The molecule has 1 aliphatic heterocycles. The summed E-state index contributed by atoms with van der Waals surface area (Å²) in [6.45, 7) is 4.71. The molecule has 1 N–H and O–H groups in total. The summed E-state index contributed by atoms with van der Waals surface area (Å²) in [4.78, 5) is 4.47. The van der Waals surface area contributed by atoms with Crippen molar-refractivity contribution in [2.24, 2.45) is 11.8 Å². The van der Waals surface area contributed by atoms with Crippen molar-refractivity contribution in [2.45, 2.75) is 12.3 Å². The van der Waals surface area contributed by atoms with Crippen molar-refractivity contribution in [3.05, 3.63) is 30.1 Å². The highest BCUT2D eigenvalue weighted by Crippen LogP contribution is 2.60. The quantitative estimate of drug-likeness (QED) is 0.691. The van der Waals surface area contributed by atoms with Crippen molar-refractivity contribution in [3.63, 3.8) is 0 Å². The molecule has 0 radical (unpaired) electrons. The van der Waals surface area contributed by atoms with Gasteiger partial charge in [-0.2, -0.15) is 0 Å². The van der Waals surface area contributed by atoms with Gasteiger partial charge in [-0.05, 0) is 37.1 Å². The van der Waals surface area contributed by atoms with Gasteiger partial charge in [-0.15, -0.1) is 0 Å². The first-order chi connectivity index (χ1) is 6.33. The van der Waals surface area contributed by atoms with E-state index in [1.54, 1.807) is 0 Å². The molecule has 2 heterocycles. The highest BCUT2D eigenvalue weighted by molar-refractivity contribution is 5.32. The molecule has 1 saturated heterocycles. The molecule has 13 heavy (non-hydrogen) atoms. The summed E-state index contributed by atoms with van der Waals surface area (Å²) in [5, 5.41) is 3.42. The van der Waals surface area contributed by atoms with E-state index in [1.807, 2.05) is 12.3 Å². The molecule has 1 aromatic rings. The fraction of sp³-hybridized carbons (Fsp3) is 0.545. The molecule has 2 atom stereocenters. The van der Waals surface area contributed by atoms with Gasteiger partial charge >= 0.3 is 0 Å². The van der Waals surface area contributed by atoms with Gasteiger partial charge in [0.2, 0.25) is 0 Å². The number of nitrogens with zero attached hydrogens (tertiary/aromatic N) is 1. The van der Waals surface area contributed by atoms with Gasteiger partial charge in [0, 0.05) is 17.3 Å². The van der Waals surface area contributed by atoms with Gasteiger partial charge < -0.3 is 5.32 Å². The summed E-state index contributed by atoms with van der Waals surface area (Å²) in [7, 11) is 0. The predicted octanol–water partition coefficient (Wildman–Crippen LogP) is 1.19. The largest absolute Gasteiger partial charge is 0.316 e. The van der Waals surface area contributed by atoms with E-state index in [1.165, 1.54) is 18.8 Å². The van der Waals surface area contributed by atoms with Crippen molar-refractivity contribution < 1.29 is 0 Å². The van der Waals surface area contributed by atoms with Gasteiger partial charge in [0.05, 0.1) is 0 Å². The van der Waals surface area contributed by atoms with Crippen LogP contribution in [0.4, 0.5) is 0 Å². The van der Waals surface area contributed by atoms with Crippen LogP contribution in [0.25, 0.3) is 0 Å². The van der Waals surface area contributed by atoms with Crippen LogP contribution >= 0.6 is 0 Å². The van der Waals surface area contributed by atoms with Crippen LogP contribution < -0.4 is 5.32 Å². The zero-order valence-electron chi connectivity index (χ0n) is 7.83. The standard InChI is InChI=1S/C11H14N2/c1-11(8-6-12-7-9(8)11)10-4-2-3-5-13-10/h2-5,8-9,12H,6-7H2,1H3. The number of fused-ring (bicyclic) bond motifs is 1. The van der Waals surface area contributed by atoms with Gasteiger partial charge in [0.25, 0.3) is 0 Å². The first-order valence-corrected chi connectivity index (χ1v) is 4.95. The molecule has 2 aliphatic rings. The fourth-order valence-corrected chi connectivity index (χ4v) is 2.86. The smallest absolute Gasteiger partial charge is 0.0469 e. The summed E-state index contributed by atoms with van der Waals surface area (Å²) in [5.41, 5.74) is 1.67. The van der Waals surface area contributed by atoms with Crippen molar-refractivity contribution in [1.29, 1.82) is 0 Å². The number of nitrogens with one attached hydrogen (secondary N) is 1. The number of rotatable bonds is 1. The Morgan fingerprint density at radius 2 is 2.15 bits per heavy atom. The van der Waals surface area contributed by atoms with E-state index in [4.69, 9.17) is 0 Å². The Bertz CT molecular complexity index is 310. The van der Waals surface area contributed by atoms with Crippen LogP contribution in [0, 0.1) is 11.8 Å². The molecule has 0 bridgehead atoms. The minimum absolute atomic E-state index is 0.381. The first-order valence-electron chi connectivity index (χ1n) is 4.95. The Balaban J connectivity index is 1.95. The van der Waals surface area contributed by atoms with Crippen LogP contribution in [-0.4, -0.2) is 18.1 Å². The van der Waals surface area contributed by atoms with Crippen LogP contribution in [0.3, 0.4) is 0 Å². The van der Waals surface area contributed by atoms with Gasteiger partial charge in [-0.25, -0.2) is 0 Å². The molecular weight excluding hydrogens is 160 g/mol. The van der Waals surface area contributed by atoms with Crippen molar-refractivity contribution in [1.82, 2.24) is 10.3 Å². The third-order valence-electron chi connectivity index (χ3n) is 3.86. The van der Waals surface area contributed by atoms with Crippen molar-refractivity contribution >= 4 is 0 Å². The molecule has 68 valence electrons. The Morgan fingerprint density at radius 1 is 1.38 bits per heavy atom. The lowest BCUT2D eigenvalue weighted by atomic mass is 9.98. The average molecular weight is 174 g/mol. The predicted molar refractivity (Wildman–Crippen MR) is 51.4 cm³/mol. The molecule has 1 saturated carbocycles. The number of hydrogen-bond acceptors (Lipinski definition) is 2. The number of aromatic nitrogens is 1. The van der Waals surface area contributed by atoms with Crippen molar-refractivity contribution in [3.8, 4) is 0 Å². The Hall–Kier alpha value is -0.890. The second-order valence-electron chi connectivity index (χ2n) is 4.37. The van der Waals surface area contributed by atoms with Crippen LogP contribution in [0.2, 0.25) is 0 Å². The molecule has 0 spiro atoms. The van der Waals surface area contributed by atoms with Gasteiger partial charge in [-0.3, -0.25) is 4.98 Å². The minimum atomic E-state index is 0.381. The summed E-state index contributed by atoms with van der Waals surface area (Å²) < 4.78 is 0. The van der Waals surface area contributed by atoms with Gasteiger partial charge in [-0.1, -0.05) is 13.0 Å². The molecule has 2 unspecified atom stereocenters. The highest BCUT2D eigenvalue weighted by atomic mass is 15.0. The highest BCUT2D eigenvalue weighted by Gasteiger charge is 2.64. The molecule has 2 nitrogen and oxygen atoms in total. The van der Waals surface area contributed by atoms with E-state index in [9.17, 15) is 0 Å². The zero-order valence-corrected chi connectivity index (χ0v) is 7.83. The molecule has 1 aliphatic carbocycles. The zero-order chi connectivity index (χ0) is 8.89. The molecule has 2 fully saturated rings. The number of hydrogen-bond donors (Lipinski definition) is 1. The van der Waals surface area contributed by atoms with E-state index in [-0.39, 0.29) is 0 Å². The number of pyridine rings is 1. The van der Waals surface area contributed by atoms with Gasteiger partial charge in [0.1, 0.15) is 0 Å². The van der Waals surface area contributed by atoms with E-state index < -0.39 is 0 Å². The lowest BCUT2D eigenvalue weighted by Gasteiger charge is -2.14. The van der Waals surface area contributed by atoms with Crippen LogP contribution in [0.1, 0.15) is 12.6 Å². The average Bonchev–Trinajstić information content (AvgIpc) is 2.62. The summed E-state index contributed by atoms with van der Waals surface area (Å²) in [6.07, 6.45) is 1.90. The Kier molecular flexibility index (Phi) is 1.34. The van der Waals surface area contributed by atoms with E-state index in [0.717, 1.165) is 11.8 Å². The Morgan fingerprint density at radius 3 is 2.77 bits per heavy atom. The van der Waals surface area contributed by atoms with Gasteiger partial charge in [0.15, 0.2) is 0 Å². The van der Waals surface area contributed by atoms with Crippen LogP contribution in [0.15, 0.2) is 24.4 Å². The fourth-order valence-electron chi connectivity index (χ4n) is 2.86. The van der Waals surface area contributed by atoms with E-state index in [0.29, 0.717) is 5.41 Å². The lowest BCUT2D eigenvalue weighted by Crippen LogP contribution is -2.23. The maximum Gasteiger partial charge on any atom is 0.0469 e. The second kappa shape index (κ2) is 2.32. The number of piperidine rings is 1. The maximum atomic E-state index is 4.47. The van der Waals surface area contributed by atoms with E-state index in [2.05, 4.69) is 29.4 Å². The third-order valence-corrected chi connectivity index (χ3v) is 3.86. The monoisotopic (exact) mass is 174 g/mol. The maximum absolute atomic E-state index is 4.47. The lowest BCUT2D eigenvalue weighted by molar-refractivity contribution is 0.545. The molecular formula is C11H14N2. The summed E-state index contributed by atoms with van der Waals surface area (Å²) >= 11 is 0. The van der Waals surface area contributed by atoms with E-state index >= 15 is 0 Å². The van der Waals surface area contributed by atoms with Crippen LogP contribution in [0.5, 0.6) is 0 Å². The Labute approximate surface area is 78.4 Å². The molecule has 1 aromatic heterocycles. The first kappa shape index (κ1) is 7.51. The summed E-state index contributed by atoms with van der Waals surface area (Å²) in [6, 6.07) is 6.25.